The third-order valence-electron chi connectivity index (χ3n) is 6.99. The van der Waals surface area contributed by atoms with E-state index in [-0.39, 0.29) is 24.5 Å². The highest BCUT2D eigenvalue weighted by Gasteiger charge is 2.38. The molecule has 1 N–H and O–H groups in total. The number of nitrogens with zero attached hydrogens (tertiary/aromatic N) is 3. The number of rotatable bonds is 6. The normalized spacial score (nSPS) is 22.2. The number of likely N-dealkylation sites (N-methyl/N-ethyl adjacent to an activating group) is 1. The molecule has 0 radical (unpaired) electrons. The van der Waals surface area contributed by atoms with Crippen LogP contribution in [0.1, 0.15) is 43.4 Å². The van der Waals surface area contributed by atoms with E-state index in [1.807, 2.05) is 36.1 Å². The van der Waals surface area contributed by atoms with Crippen molar-refractivity contribution in [2.45, 2.75) is 39.2 Å². The quantitative estimate of drug-likeness (QED) is 0.668. The minimum Gasteiger partial charge on any atom is -0.463 e. The van der Waals surface area contributed by atoms with Gasteiger partial charge in [0.2, 0.25) is 5.91 Å². The van der Waals surface area contributed by atoms with Crippen LogP contribution in [0.25, 0.3) is 0 Å². The van der Waals surface area contributed by atoms with Gasteiger partial charge in [-0.05, 0) is 32.3 Å². The topological polar surface area (TPSA) is 82.2 Å². The van der Waals surface area contributed by atoms with Gasteiger partial charge in [-0.25, -0.2) is 9.59 Å². The van der Waals surface area contributed by atoms with Crippen molar-refractivity contribution in [1.82, 2.24) is 20.0 Å². The summed E-state index contributed by atoms with van der Waals surface area (Å²) in [6.45, 7) is 7.26. The number of carbonyl (C=O) groups is 3. The molecule has 0 bridgehead atoms. The number of hydrogen-bond donors (Lipinski definition) is 1. The van der Waals surface area contributed by atoms with Gasteiger partial charge in [0.25, 0.3) is 0 Å². The lowest BCUT2D eigenvalue weighted by Gasteiger charge is -2.41. The Bertz CT molecular complexity index is 930. The Labute approximate surface area is 195 Å². The third-order valence-corrected chi connectivity index (χ3v) is 6.99. The molecule has 8 heteroatoms. The third kappa shape index (κ3) is 4.90. The van der Waals surface area contributed by atoms with Crippen LogP contribution in [0.5, 0.6) is 0 Å². The maximum atomic E-state index is 13.1. The van der Waals surface area contributed by atoms with Crippen molar-refractivity contribution < 1.29 is 19.1 Å². The Balaban J connectivity index is 1.57. The van der Waals surface area contributed by atoms with Gasteiger partial charge >= 0.3 is 12.0 Å². The van der Waals surface area contributed by atoms with E-state index in [0.29, 0.717) is 44.0 Å². The van der Waals surface area contributed by atoms with Gasteiger partial charge in [-0.1, -0.05) is 36.2 Å². The Morgan fingerprint density at radius 3 is 2.33 bits per heavy atom. The number of benzene rings is 1. The molecule has 4 rings (SSSR count). The SMILES string of the molecule is CCOC(=O)C1=C(CN2CCN(C(=O)C3CCC3)CC2)N(C)C(=O)N[C@H]1c1ccc(C)cc1. The van der Waals surface area contributed by atoms with Gasteiger partial charge in [0.05, 0.1) is 18.2 Å². The van der Waals surface area contributed by atoms with Crippen LogP contribution in [-0.2, 0) is 14.3 Å². The van der Waals surface area contributed by atoms with Gasteiger partial charge in [0, 0.05) is 51.4 Å². The fraction of sp³-hybridized carbons (Fsp3) is 0.560. The summed E-state index contributed by atoms with van der Waals surface area (Å²) in [4.78, 5) is 44.2. The molecule has 3 amide bonds. The molecule has 1 saturated carbocycles. The summed E-state index contributed by atoms with van der Waals surface area (Å²) in [6.07, 6.45) is 3.17. The first-order chi connectivity index (χ1) is 15.9. The molecule has 33 heavy (non-hydrogen) atoms. The van der Waals surface area contributed by atoms with Gasteiger partial charge in [-0.15, -0.1) is 0 Å². The molecule has 2 aliphatic heterocycles. The van der Waals surface area contributed by atoms with Crippen LogP contribution in [-0.4, -0.2) is 79.0 Å². The summed E-state index contributed by atoms with van der Waals surface area (Å²) in [7, 11) is 1.69. The molecule has 1 aliphatic carbocycles. The number of ether oxygens (including phenoxy) is 1. The minimum atomic E-state index is -0.565. The molecule has 0 spiro atoms. The van der Waals surface area contributed by atoms with E-state index in [1.165, 1.54) is 4.90 Å². The van der Waals surface area contributed by atoms with Gasteiger partial charge in [0.15, 0.2) is 0 Å². The molecule has 3 aliphatic rings. The number of urea groups is 1. The van der Waals surface area contributed by atoms with Crippen LogP contribution in [0.2, 0.25) is 0 Å². The summed E-state index contributed by atoms with van der Waals surface area (Å²) >= 11 is 0. The van der Waals surface area contributed by atoms with E-state index in [0.717, 1.165) is 30.4 Å². The highest BCUT2D eigenvalue weighted by atomic mass is 16.5. The van der Waals surface area contributed by atoms with Crippen LogP contribution >= 0.6 is 0 Å². The maximum Gasteiger partial charge on any atom is 0.338 e. The van der Waals surface area contributed by atoms with Crippen LogP contribution in [0.15, 0.2) is 35.5 Å². The summed E-state index contributed by atoms with van der Waals surface area (Å²) in [5.41, 5.74) is 3.07. The Hall–Kier alpha value is -2.87. The zero-order valence-electron chi connectivity index (χ0n) is 19.8. The fourth-order valence-electron chi connectivity index (χ4n) is 4.66. The summed E-state index contributed by atoms with van der Waals surface area (Å²) in [5.74, 6) is 0.0720. The molecule has 1 aromatic carbocycles. The lowest BCUT2D eigenvalue weighted by molar-refractivity contribution is -0.140. The number of piperazine rings is 1. The Morgan fingerprint density at radius 1 is 1.09 bits per heavy atom. The van der Waals surface area contributed by atoms with Gasteiger partial charge in [0.1, 0.15) is 0 Å². The fourth-order valence-corrected chi connectivity index (χ4v) is 4.66. The van der Waals surface area contributed by atoms with E-state index in [1.54, 1.807) is 14.0 Å². The number of nitrogens with one attached hydrogen (secondary N) is 1. The summed E-state index contributed by atoms with van der Waals surface area (Å²) in [5, 5.41) is 2.96. The first kappa shape index (κ1) is 23.3. The maximum absolute atomic E-state index is 13.1. The first-order valence-corrected chi connectivity index (χ1v) is 11.9. The first-order valence-electron chi connectivity index (χ1n) is 11.9. The molecule has 1 saturated heterocycles. The highest BCUT2D eigenvalue weighted by molar-refractivity contribution is 5.95. The number of esters is 1. The Kier molecular flexibility index (Phi) is 7.02. The largest absolute Gasteiger partial charge is 0.463 e. The van der Waals surface area contributed by atoms with Gasteiger partial charge in [-0.2, -0.15) is 0 Å². The van der Waals surface area contributed by atoms with E-state index in [2.05, 4.69) is 10.2 Å². The lowest BCUT2D eigenvalue weighted by atomic mass is 9.84. The molecule has 2 heterocycles. The van der Waals surface area contributed by atoms with Crippen molar-refractivity contribution in [2.24, 2.45) is 5.92 Å². The summed E-state index contributed by atoms with van der Waals surface area (Å²) < 4.78 is 5.41. The van der Waals surface area contributed by atoms with E-state index >= 15 is 0 Å². The standard InChI is InChI=1S/C25H34N4O4/c1-4-33-24(31)21-20(16-28-12-14-29(15-13-28)23(30)19-6-5-7-19)27(3)25(32)26-22(21)18-10-8-17(2)9-11-18/h8-11,19,22H,4-7,12-16H2,1-3H3,(H,26,32)/t22-/m0/s1. The average Bonchev–Trinajstić information content (AvgIpc) is 2.76. The molecule has 1 atom stereocenters. The van der Waals surface area contributed by atoms with Gasteiger partial charge < -0.3 is 15.0 Å². The summed E-state index contributed by atoms with van der Waals surface area (Å²) in [6, 6.07) is 7.01. The zero-order valence-corrected chi connectivity index (χ0v) is 19.8. The predicted octanol–water partition coefficient (Wildman–Crippen LogP) is 2.45. The van der Waals surface area contributed by atoms with Crippen LogP contribution in [0.3, 0.4) is 0 Å². The van der Waals surface area contributed by atoms with Crippen molar-refractivity contribution in [1.29, 1.82) is 0 Å². The minimum absolute atomic E-state index is 0.207. The van der Waals surface area contributed by atoms with Gasteiger partial charge in [-0.3, -0.25) is 14.6 Å². The molecule has 0 unspecified atom stereocenters. The van der Waals surface area contributed by atoms with Crippen LogP contribution < -0.4 is 5.32 Å². The second kappa shape index (κ2) is 9.95. The molecule has 178 valence electrons. The number of amides is 3. The van der Waals surface area contributed by atoms with Crippen molar-refractivity contribution in [3.05, 3.63) is 46.7 Å². The van der Waals surface area contributed by atoms with Crippen molar-refractivity contribution in [2.75, 3.05) is 46.4 Å². The predicted molar refractivity (Wildman–Crippen MR) is 124 cm³/mol. The van der Waals surface area contributed by atoms with Crippen LogP contribution in [0.4, 0.5) is 4.79 Å². The monoisotopic (exact) mass is 454 g/mol. The second-order valence-corrected chi connectivity index (χ2v) is 9.16. The number of hydrogen-bond acceptors (Lipinski definition) is 5. The average molecular weight is 455 g/mol. The molecule has 8 nitrogen and oxygen atoms in total. The Morgan fingerprint density at radius 2 is 1.76 bits per heavy atom. The zero-order chi connectivity index (χ0) is 23.5. The molecule has 0 aromatic heterocycles. The second-order valence-electron chi connectivity index (χ2n) is 9.16. The molecule has 2 fully saturated rings. The van der Waals surface area contributed by atoms with Crippen molar-refractivity contribution in [3.63, 3.8) is 0 Å². The van der Waals surface area contributed by atoms with E-state index in [4.69, 9.17) is 4.74 Å². The van der Waals surface area contributed by atoms with E-state index in [9.17, 15) is 14.4 Å². The number of carbonyl (C=O) groups excluding carboxylic acids is 3. The van der Waals surface area contributed by atoms with Crippen LogP contribution in [0, 0.1) is 12.8 Å². The molecular formula is C25H34N4O4. The molecule has 1 aromatic rings. The van der Waals surface area contributed by atoms with Crippen molar-refractivity contribution >= 4 is 17.9 Å². The number of aryl methyl sites for hydroxylation is 1. The van der Waals surface area contributed by atoms with Crippen molar-refractivity contribution in [3.8, 4) is 0 Å². The van der Waals surface area contributed by atoms with E-state index < -0.39 is 12.0 Å². The molecular weight excluding hydrogens is 420 g/mol. The highest BCUT2D eigenvalue weighted by Crippen LogP contribution is 2.32. The smallest absolute Gasteiger partial charge is 0.338 e. The lowest BCUT2D eigenvalue weighted by Crippen LogP contribution is -2.54.